The van der Waals surface area contributed by atoms with E-state index in [0.29, 0.717) is 0 Å². The maximum absolute atomic E-state index is 11.5. The lowest BCUT2D eigenvalue weighted by Crippen LogP contribution is -2.65. The monoisotopic (exact) mass is 352 g/mol. The number of esters is 1. The molecular formula is C18H24O7. The van der Waals surface area contributed by atoms with E-state index in [9.17, 15) is 9.90 Å². The molecule has 2 saturated heterocycles. The van der Waals surface area contributed by atoms with Crippen LogP contribution in [0, 0.1) is 0 Å². The van der Waals surface area contributed by atoms with E-state index < -0.39 is 42.5 Å². The average Bonchev–Trinajstić information content (AvgIpc) is 2.57. The third kappa shape index (κ3) is 4.37. The van der Waals surface area contributed by atoms with Crippen molar-refractivity contribution in [3.05, 3.63) is 35.9 Å². The number of benzene rings is 1. The van der Waals surface area contributed by atoms with Gasteiger partial charge < -0.3 is 28.8 Å². The van der Waals surface area contributed by atoms with Crippen LogP contribution in [0.25, 0.3) is 0 Å². The summed E-state index contributed by atoms with van der Waals surface area (Å²) in [6.07, 6.45) is -4.13. The molecule has 0 amide bonds. The predicted octanol–water partition coefficient (Wildman–Crippen LogP) is 1.37. The summed E-state index contributed by atoms with van der Waals surface area (Å²) in [5.41, 5.74) is 0.946. The van der Waals surface area contributed by atoms with Crippen molar-refractivity contribution in [3.63, 3.8) is 0 Å². The van der Waals surface area contributed by atoms with E-state index >= 15 is 0 Å². The van der Waals surface area contributed by atoms with E-state index in [1.807, 2.05) is 30.3 Å². The molecule has 1 aromatic carbocycles. The van der Waals surface area contributed by atoms with E-state index in [-0.39, 0.29) is 13.2 Å². The van der Waals surface area contributed by atoms with Gasteiger partial charge in [-0.05, 0) is 19.4 Å². The van der Waals surface area contributed by atoms with E-state index in [4.69, 9.17) is 23.7 Å². The zero-order valence-electron chi connectivity index (χ0n) is 14.6. The minimum Gasteiger partial charge on any atom is -0.454 e. The molecule has 2 aliphatic heterocycles. The highest BCUT2D eigenvalue weighted by Gasteiger charge is 2.52. The highest BCUT2D eigenvalue weighted by atomic mass is 16.8. The normalized spacial score (nSPS) is 34.2. The fraction of sp³-hybridized carbons (Fsp3) is 0.611. The zero-order chi connectivity index (χ0) is 18.0. The van der Waals surface area contributed by atoms with Gasteiger partial charge in [-0.25, -0.2) is 0 Å². The van der Waals surface area contributed by atoms with Gasteiger partial charge in [0.2, 0.25) is 0 Å². The maximum Gasteiger partial charge on any atom is 0.303 e. The number of hydrogen-bond donors (Lipinski definition) is 1. The molecule has 1 N–H and O–H groups in total. The fourth-order valence-electron chi connectivity index (χ4n) is 3.02. The molecular weight excluding hydrogens is 328 g/mol. The lowest BCUT2D eigenvalue weighted by atomic mass is 9.97. The van der Waals surface area contributed by atoms with Crippen LogP contribution < -0.4 is 0 Å². The molecule has 2 fully saturated rings. The number of ether oxygens (including phenoxy) is 5. The number of carbonyl (C=O) groups is 1. The Morgan fingerprint density at radius 3 is 2.72 bits per heavy atom. The standard InChI is InChI=1S/C18H24O7/c1-11(19)23-16-14(20)15-13(10-22-18(2,3)25-15)24-17(16)21-9-12-7-5-4-6-8-12/h4-8,13-17,20H,9-10H2,1-3H3/t13-,14+,15+,16-,17+/m1/s1. The SMILES string of the molecule is CC(=O)O[C@H]1[C@@H](OCc2ccccc2)O[C@@H]2COC(C)(C)O[C@@H]2[C@@H]1O. The summed E-state index contributed by atoms with van der Waals surface area (Å²) in [6.45, 7) is 5.32. The molecule has 0 spiro atoms. The van der Waals surface area contributed by atoms with E-state index in [2.05, 4.69) is 0 Å². The zero-order valence-corrected chi connectivity index (χ0v) is 14.6. The summed E-state index contributed by atoms with van der Waals surface area (Å²) in [4.78, 5) is 11.5. The number of hydrogen-bond acceptors (Lipinski definition) is 7. The van der Waals surface area contributed by atoms with Gasteiger partial charge in [0.05, 0.1) is 13.2 Å². The highest BCUT2D eigenvalue weighted by molar-refractivity contribution is 5.66. The second kappa shape index (κ2) is 7.39. The molecule has 0 saturated carbocycles. The lowest BCUT2D eigenvalue weighted by Gasteiger charge is -2.49. The number of fused-ring (bicyclic) bond motifs is 1. The molecule has 2 heterocycles. The average molecular weight is 352 g/mol. The van der Waals surface area contributed by atoms with Gasteiger partial charge in [0.1, 0.15) is 18.3 Å². The summed E-state index contributed by atoms with van der Waals surface area (Å²) in [5.74, 6) is -1.37. The minimum atomic E-state index is -1.08. The molecule has 138 valence electrons. The predicted molar refractivity (Wildman–Crippen MR) is 86.4 cm³/mol. The first-order valence-electron chi connectivity index (χ1n) is 8.34. The quantitative estimate of drug-likeness (QED) is 0.820. The van der Waals surface area contributed by atoms with E-state index in [1.165, 1.54) is 6.92 Å². The number of rotatable bonds is 4. The molecule has 5 atom stereocenters. The molecule has 0 aliphatic carbocycles. The van der Waals surface area contributed by atoms with Gasteiger partial charge >= 0.3 is 5.97 Å². The van der Waals surface area contributed by atoms with Crippen LogP contribution in [-0.4, -0.2) is 54.2 Å². The van der Waals surface area contributed by atoms with Crippen LogP contribution in [0.15, 0.2) is 30.3 Å². The molecule has 0 aromatic heterocycles. The van der Waals surface area contributed by atoms with Crippen LogP contribution in [-0.2, 0) is 35.1 Å². The van der Waals surface area contributed by atoms with Crippen molar-refractivity contribution in [2.75, 3.05) is 6.61 Å². The van der Waals surface area contributed by atoms with Crippen molar-refractivity contribution in [1.82, 2.24) is 0 Å². The molecule has 0 unspecified atom stereocenters. The Balaban J connectivity index is 1.73. The van der Waals surface area contributed by atoms with E-state index in [1.54, 1.807) is 13.8 Å². The van der Waals surface area contributed by atoms with Crippen LogP contribution in [0.1, 0.15) is 26.3 Å². The molecule has 7 nitrogen and oxygen atoms in total. The van der Waals surface area contributed by atoms with Crippen LogP contribution in [0.5, 0.6) is 0 Å². The molecule has 7 heteroatoms. The summed E-state index contributed by atoms with van der Waals surface area (Å²) < 4.78 is 28.3. The van der Waals surface area contributed by atoms with Crippen molar-refractivity contribution >= 4 is 5.97 Å². The lowest BCUT2D eigenvalue weighted by molar-refractivity contribution is -0.383. The Morgan fingerprint density at radius 1 is 1.32 bits per heavy atom. The fourth-order valence-corrected chi connectivity index (χ4v) is 3.02. The Bertz CT molecular complexity index is 588. The first-order chi connectivity index (χ1) is 11.9. The van der Waals surface area contributed by atoms with Crippen LogP contribution >= 0.6 is 0 Å². The first-order valence-corrected chi connectivity index (χ1v) is 8.34. The van der Waals surface area contributed by atoms with E-state index in [0.717, 1.165) is 5.56 Å². The van der Waals surface area contributed by atoms with Crippen molar-refractivity contribution in [2.45, 2.75) is 63.9 Å². The van der Waals surface area contributed by atoms with Gasteiger partial charge in [0.15, 0.2) is 18.2 Å². The molecule has 3 rings (SSSR count). The van der Waals surface area contributed by atoms with Gasteiger partial charge in [-0.2, -0.15) is 0 Å². The summed E-state index contributed by atoms with van der Waals surface area (Å²) in [6, 6.07) is 9.55. The topological polar surface area (TPSA) is 83.5 Å². The molecule has 25 heavy (non-hydrogen) atoms. The Morgan fingerprint density at radius 2 is 2.04 bits per heavy atom. The molecule has 0 bridgehead atoms. The molecule has 1 aromatic rings. The Kier molecular flexibility index (Phi) is 5.41. The number of carbonyl (C=O) groups excluding carboxylic acids is 1. The second-order valence-corrected chi connectivity index (χ2v) is 6.70. The van der Waals surface area contributed by atoms with Crippen molar-refractivity contribution in [1.29, 1.82) is 0 Å². The molecule has 2 aliphatic rings. The molecule has 0 radical (unpaired) electrons. The van der Waals surface area contributed by atoms with Gasteiger partial charge in [-0.1, -0.05) is 30.3 Å². The first kappa shape index (κ1) is 18.3. The van der Waals surface area contributed by atoms with Crippen LogP contribution in [0.4, 0.5) is 0 Å². The highest BCUT2D eigenvalue weighted by Crippen LogP contribution is 2.34. The third-order valence-corrected chi connectivity index (χ3v) is 4.19. The van der Waals surface area contributed by atoms with Gasteiger partial charge in [-0.15, -0.1) is 0 Å². The summed E-state index contributed by atoms with van der Waals surface area (Å²) in [5, 5.41) is 10.7. The van der Waals surface area contributed by atoms with Gasteiger partial charge in [0.25, 0.3) is 0 Å². The minimum absolute atomic E-state index is 0.257. The Labute approximate surface area is 146 Å². The summed E-state index contributed by atoms with van der Waals surface area (Å²) in [7, 11) is 0. The number of aliphatic hydroxyl groups is 1. The third-order valence-electron chi connectivity index (χ3n) is 4.19. The van der Waals surface area contributed by atoms with Gasteiger partial charge in [0, 0.05) is 6.92 Å². The van der Waals surface area contributed by atoms with Crippen LogP contribution in [0.2, 0.25) is 0 Å². The maximum atomic E-state index is 11.5. The number of aliphatic hydroxyl groups excluding tert-OH is 1. The van der Waals surface area contributed by atoms with Crippen LogP contribution in [0.3, 0.4) is 0 Å². The Hall–Kier alpha value is -1.51. The van der Waals surface area contributed by atoms with Crippen molar-refractivity contribution in [3.8, 4) is 0 Å². The smallest absolute Gasteiger partial charge is 0.303 e. The van der Waals surface area contributed by atoms with Crippen molar-refractivity contribution < 1.29 is 33.6 Å². The van der Waals surface area contributed by atoms with Gasteiger partial charge in [-0.3, -0.25) is 4.79 Å². The summed E-state index contributed by atoms with van der Waals surface area (Å²) >= 11 is 0. The second-order valence-electron chi connectivity index (χ2n) is 6.70. The largest absolute Gasteiger partial charge is 0.454 e. The van der Waals surface area contributed by atoms with Crippen molar-refractivity contribution in [2.24, 2.45) is 0 Å².